The Hall–Kier alpha value is -7.63. The third kappa shape index (κ3) is 5.45. The molecule has 5 heteroatoms. The molecule has 8 aromatic carbocycles. The molecule has 0 saturated carbocycles. The van der Waals surface area contributed by atoms with Crippen LogP contribution in [0.1, 0.15) is 0 Å². The molecule has 5 nitrogen and oxygen atoms in total. The Kier molecular flexibility index (Phi) is 7.42. The molecule has 262 valence electrons. The third-order valence-corrected chi connectivity index (χ3v) is 10.7. The molecular formula is C51H32N4O. The number of hydrogen-bond acceptors (Lipinski definition) is 4. The molecule has 3 heterocycles. The zero-order valence-electron chi connectivity index (χ0n) is 30.2. The van der Waals surface area contributed by atoms with E-state index in [9.17, 15) is 0 Å². The van der Waals surface area contributed by atoms with Crippen LogP contribution in [-0.2, 0) is 0 Å². The Morgan fingerprint density at radius 1 is 0.304 bits per heavy atom. The van der Waals surface area contributed by atoms with E-state index in [-0.39, 0.29) is 0 Å². The van der Waals surface area contributed by atoms with Crippen LogP contribution in [0.15, 0.2) is 199 Å². The Labute approximate surface area is 322 Å². The van der Waals surface area contributed by atoms with Crippen LogP contribution in [0, 0.1) is 0 Å². The molecule has 0 unspecified atom stereocenters. The molecule has 0 spiro atoms. The van der Waals surface area contributed by atoms with Gasteiger partial charge in [0.2, 0.25) is 0 Å². The summed E-state index contributed by atoms with van der Waals surface area (Å²) in [5.74, 6) is 1.86. The van der Waals surface area contributed by atoms with Crippen molar-refractivity contribution in [2.45, 2.75) is 0 Å². The molecule has 0 radical (unpaired) electrons. The van der Waals surface area contributed by atoms with Crippen LogP contribution >= 0.6 is 0 Å². The molecule has 0 N–H and O–H groups in total. The maximum atomic E-state index is 6.50. The van der Waals surface area contributed by atoms with Gasteiger partial charge in [-0.15, -0.1) is 0 Å². The van der Waals surface area contributed by atoms with E-state index in [1.54, 1.807) is 0 Å². The number of furan rings is 1. The Morgan fingerprint density at radius 3 is 1.55 bits per heavy atom. The van der Waals surface area contributed by atoms with Crippen LogP contribution in [-0.4, -0.2) is 19.5 Å². The first-order chi connectivity index (χ1) is 27.7. The van der Waals surface area contributed by atoms with Gasteiger partial charge in [-0.1, -0.05) is 133 Å². The average Bonchev–Trinajstić information content (AvgIpc) is 3.82. The lowest BCUT2D eigenvalue weighted by molar-refractivity contribution is 0.669. The lowest BCUT2D eigenvalue weighted by atomic mass is 10.0. The highest BCUT2D eigenvalue weighted by Gasteiger charge is 2.17. The van der Waals surface area contributed by atoms with Crippen molar-refractivity contribution in [1.82, 2.24) is 19.5 Å². The number of para-hydroxylation sites is 2. The minimum atomic E-state index is 0.608. The van der Waals surface area contributed by atoms with Crippen LogP contribution in [0.25, 0.3) is 106 Å². The van der Waals surface area contributed by atoms with E-state index < -0.39 is 0 Å². The van der Waals surface area contributed by atoms with Gasteiger partial charge in [-0.05, 0) is 82.9 Å². The van der Waals surface area contributed by atoms with Gasteiger partial charge >= 0.3 is 0 Å². The fourth-order valence-electron chi connectivity index (χ4n) is 7.90. The fourth-order valence-corrected chi connectivity index (χ4v) is 7.90. The molecule has 0 saturated heterocycles. The summed E-state index contributed by atoms with van der Waals surface area (Å²) in [6, 6.07) is 67.5. The Morgan fingerprint density at radius 2 is 0.804 bits per heavy atom. The average molecular weight is 717 g/mol. The second kappa shape index (κ2) is 13.0. The van der Waals surface area contributed by atoms with E-state index in [1.807, 2.05) is 48.5 Å². The van der Waals surface area contributed by atoms with Crippen molar-refractivity contribution in [3.8, 4) is 62.1 Å². The van der Waals surface area contributed by atoms with E-state index in [1.165, 1.54) is 27.4 Å². The van der Waals surface area contributed by atoms with Gasteiger partial charge in [0.1, 0.15) is 11.2 Å². The maximum Gasteiger partial charge on any atom is 0.164 e. The van der Waals surface area contributed by atoms with Gasteiger partial charge in [-0.25, -0.2) is 15.0 Å². The molecule has 11 aromatic rings. The van der Waals surface area contributed by atoms with Crippen LogP contribution in [0.3, 0.4) is 0 Å². The monoisotopic (exact) mass is 716 g/mol. The smallest absolute Gasteiger partial charge is 0.164 e. The molecule has 0 aliphatic heterocycles. The van der Waals surface area contributed by atoms with E-state index in [0.29, 0.717) is 17.5 Å². The quantitative estimate of drug-likeness (QED) is 0.172. The van der Waals surface area contributed by atoms with Gasteiger partial charge in [-0.3, -0.25) is 0 Å². The normalized spacial score (nSPS) is 11.6. The summed E-state index contributed by atoms with van der Waals surface area (Å²) in [6.07, 6.45) is 0. The molecule has 0 amide bonds. The molecule has 3 aromatic heterocycles. The highest BCUT2D eigenvalue weighted by atomic mass is 16.3. The van der Waals surface area contributed by atoms with Gasteiger partial charge in [0.25, 0.3) is 0 Å². The molecule has 0 aliphatic rings. The minimum absolute atomic E-state index is 0.608. The molecule has 56 heavy (non-hydrogen) atoms. The first-order valence-electron chi connectivity index (χ1n) is 18.8. The van der Waals surface area contributed by atoms with Crippen molar-refractivity contribution < 1.29 is 4.42 Å². The Balaban J connectivity index is 0.989. The largest absolute Gasteiger partial charge is 0.456 e. The second-order valence-corrected chi connectivity index (χ2v) is 14.1. The van der Waals surface area contributed by atoms with Crippen molar-refractivity contribution in [2.24, 2.45) is 0 Å². The van der Waals surface area contributed by atoms with E-state index in [0.717, 1.165) is 61.0 Å². The highest BCUT2D eigenvalue weighted by Crippen LogP contribution is 2.38. The van der Waals surface area contributed by atoms with Crippen LogP contribution in [0.5, 0.6) is 0 Å². The summed E-state index contributed by atoms with van der Waals surface area (Å²) in [7, 11) is 0. The van der Waals surface area contributed by atoms with Crippen molar-refractivity contribution in [1.29, 1.82) is 0 Å². The summed E-state index contributed by atoms with van der Waals surface area (Å²) < 4.78 is 8.84. The summed E-state index contributed by atoms with van der Waals surface area (Å²) in [6.45, 7) is 0. The van der Waals surface area contributed by atoms with Gasteiger partial charge in [0, 0.05) is 43.9 Å². The number of nitrogens with zero attached hydrogens (tertiary/aromatic N) is 4. The summed E-state index contributed by atoms with van der Waals surface area (Å²) in [5.41, 5.74) is 12.5. The first-order valence-corrected chi connectivity index (χ1v) is 18.8. The summed E-state index contributed by atoms with van der Waals surface area (Å²) in [4.78, 5) is 15.0. The lowest BCUT2D eigenvalue weighted by Gasteiger charge is -2.09. The van der Waals surface area contributed by atoms with Gasteiger partial charge in [0.05, 0.1) is 11.0 Å². The van der Waals surface area contributed by atoms with Crippen LogP contribution < -0.4 is 0 Å². The van der Waals surface area contributed by atoms with Crippen molar-refractivity contribution in [3.63, 3.8) is 0 Å². The number of benzene rings is 8. The van der Waals surface area contributed by atoms with E-state index in [2.05, 4.69) is 150 Å². The van der Waals surface area contributed by atoms with E-state index in [4.69, 9.17) is 19.4 Å². The van der Waals surface area contributed by atoms with E-state index >= 15 is 0 Å². The summed E-state index contributed by atoms with van der Waals surface area (Å²) in [5, 5.41) is 4.50. The van der Waals surface area contributed by atoms with Gasteiger partial charge < -0.3 is 8.98 Å². The van der Waals surface area contributed by atoms with Gasteiger partial charge in [-0.2, -0.15) is 0 Å². The molecule has 0 fully saturated rings. The molecule has 0 aliphatic carbocycles. The maximum absolute atomic E-state index is 6.50. The number of fused-ring (bicyclic) bond motifs is 6. The van der Waals surface area contributed by atoms with Crippen LogP contribution in [0.4, 0.5) is 0 Å². The minimum Gasteiger partial charge on any atom is -0.456 e. The van der Waals surface area contributed by atoms with Crippen molar-refractivity contribution >= 4 is 43.7 Å². The van der Waals surface area contributed by atoms with Gasteiger partial charge in [0.15, 0.2) is 17.5 Å². The second-order valence-electron chi connectivity index (χ2n) is 14.1. The zero-order chi connectivity index (χ0) is 37.0. The van der Waals surface area contributed by atoms with Crippen molar-refractivity contribution in [2.75, 3.05) is 0 Å². The predicted molar refractivity (Wildman–Crippen MR) is 229 cm³/mol. The topological polar surface area (TPSA) is 56.7 Å². The predicted octanol–water partition coefficient (Wildman–Crippen LogP) is 13.2. The van der Waals surface area contributed by atoms with Crippen molar-refractivity contribution in [3.05, 3.63) is 194 Å². The SMILES string of the molecule is c1ccc(-c2ccc(-c3nc(-c4ccccc4)nc(-c4ccc5oc6cc(-c7ccc8c(c7)c7ccccc7n8-c7ccccc7)ccc6c5c4)n3)cc2)cc1. The van der Waals surface area contributed by atoms with Crippen LogP contribution in [0.2, 0.25) is 0 Å². The standard InChI is InChI=1S/C51H32N4O/c1-4-12-33(13-5-1)34-20-22-36(23-21-34)50-52-49(35-14-6-2-7-15-35)53-51(54-50)39-26-29-47-44(31-39)42-27-24-38(32-48(42)56-47)37-25-28-46-43(30-37)41-18-10-11-19-45(41)55(46)40-16-8-3-9-17-40/h1-32H. The first kappa shape index (κ1) is 31.9. The fraction of sp³-hybridized carbons (Fsp3) is 0. The summed E-state index contributed by atoms with van der Waals surface area (Å²) >= 11 is 0. The zero-order valence-corrected chi connectivity index (χ0v) is 30.2. The molecule has 0 bridgehead atoms. The number of aromatic nitrogens is 4. The number of hydrogen-bond donors (Lipinski definition) is 0. The third-order valence-electron chi connectivity index (χ3n) is 10.7. The lowest BCUT2D eigenvalue weighted by Crippen LogP contribution is -2.00. The highest BCUT2D eigenvalue weighted by molar-refractivity contribution is 6.11. The molecule has 11 rings (SSSR count). The molecule has 0 atom stereocenters. The number of rotatable bonds is 6. The molecular weight excluding hydrogens is 685 g/mol. The Bertz CT molecular complexity index is 3220.